The van der Waals surface area contributed by atoms with Gasteiger partial charge in [0.1, 0.15) is 11.2 Å². The number of likely N-dealkylation sites (N-methyl/N-ethyl adjacent to an activating group) is 1. The number of nitrogens with zero attached hydrogens (tertiary/aromatic N) is 2. The Labute approximate surface area is 124 Å². The van der Waals surface area contributed by atoms with Crippen LogP contribution in [0.15, 0.2) is 65.7 Å². The van der Waals surface area contributed by atoms with Gasteiger partial charge in [0, 0.05) is 5.56 Å². The molecule has 1 aliphatic rings. The largest absolute Gasteiger partial charge is 0.287 e. The Morgan fingerprint density at radius 3 is 2.10 bits per heavy atom. The van der Waals surface area contributed by atoms with Gasteiger partial charge in [-0.05, 0) is 19.7 Å². The minimum absolute atomic E-state index is 0.192. The maximum Gasteiger partial charge on any atom is 0.119 e. The summed E-state index contributed by atoms with van der Waals surface area (Å²) >= 11 is 1.86. The van der Waals surface area contributed by atoms with E-state index in [-0.39, 0.29) is 6.17 Å². The summed E-state index contributed by atoms with van der Waals surface area (Å²) in [4.78, 5) is 7.12. The van der Waals surface area contributed by atoms with E-state index in [1.54, 1.807) is 0 Å². The van der Waals surface area contributed by atoms with Crippen molar-refractivity contribution < 1.29 is 0 Å². The van der Waals surface area contributed by atoms with Gasteiger partial charge in [-0.3, -0.25) is 9.89 Å². The van der Waals surface area contributed by atoms with Gasteiger partial charge in [0.2, 0.25) is 0 Å². The zero-order valence-corrected chi connectivity index (χ0v) is 12.5. The van der Waals surface area contributed by atoms with E-state index in [1.165, 1.54) is 11.1 Å². The molecule has 0 saturated heterocycles. The number of rotatable bonds is 3. The van der Waals surface area contributed by atoms with Crippen LogP contribution in [0.2, 0.25) is 0 Å². The molecule has 0 spiro atoms. The zero-order chi connectivity index (χ0) is 13.9. The van der Waals surface area contributed by atoms with Crippen LogP contribution < -0.4 is 0 Å². The first-order valence-corrected chi connectivity index (χ1v) is 7.65. The summed E-state index contributed by atoms with van der Waals surface area (Å²) in [5.41, 5.74) is 2.55. The molecule has 2 aromatic rings. The van der Waals surface area contributed by atoms with Crippen LogP contribution in [0.1, 0.15) is 16.4 Å². The third-order valence-corrected chi connectivity index (χ3v) is 4.77. The smallest absolute Gasteiger partial charge is 0.119 e. The van der Waals surface area contributed by atoms with E-state index in [4.69, 9.17) is 4.99 Å². The molecule has 1 heterocycles. The third kappa shape index (κ3) is 2.65. The highest BCUT2D eigenvalue weighted by molar-refractivity contribution is 8.15. The quantitative estimate of drug-likeness (QED) is 0.850. The van der Waals surface area contributed by atoms with Crippen molar-refractivity contribution in [1.82, 2.24) is 4.90 Å². The van der Waals surface area contributed by atoms with Crippen LogP contribution >= 0.6 is 11.8 Å². The van der Waals surface area contributed by atoms with E-state index in [1.807, 2.05) is 17.8 Å². The minimum atomic E-state index is 0.192. The average molecular weight is 282 g/mol. The fraction of sp³-hybridized carbons (Fsp3) is 0.235. The molecular formula is C17H18N2S. The predicted molar refractivity (Wildman–Crippen MR) is 87.2 cm³/mol. The van der Waals surface area contributed by atoms with Crippen LogP contribution in [0.5, 0.6) is 0 Å². The molecule has 0 aromatic heterocycles. The van der Waals surface area contributed by atoms with Gasteiger partial charge in [0.05, 0.1) is 5.25 Å². The Kier molecular flexibility index (Phi) is 3.90. The van der Waals surface area contributed by atoms with Gasteiger partial charge in [0.15, 0.2) is 0 Å². The summed E-state index contributed by atoms with van der Waals surface area (Å²) in [5, 5.41) is 1.50. The van der Waals surface area contributed by atoms with Crippen molar-refractivity contribution in [3.05, 3.63) is 71.8 Å². The first-order valence-electron chi connectivity index (χ1n) is 6.77. The summed E-state index contributed by atoms with van der Waals surface area (Å²) < 4.78 is 0. The van der Waals surface area contributed by atoms with Gasteiger partial charge in [-0.2, -0.15) is 0 Å². The molecule has 2 aromatic carbocycles. The Balaban J connectivity index is 1.92. The van der Waals surface area contributed by atoms with Crippen LogP contribution in [0.25, 0.3) is 0 Å². The number of aliphatic imine (C=N–C) groups is 1. The second-order valence-electron chi connectivity index (χ2n) is 5.13. The minimum Gasteiger partial charge on any atom is -0.287 e. The van der Waals surface area contributed by atoms with E-state index >= 15 is 0 Å². The zero-order valence-electron chi connectivity index (χ0n) is 11.7. The molecule has 20 heavy (non-hydrogen) atoms. The molecular weight excluding hydrogens is 264 g/mol. The maximum absolute atomic E-state index is 4.92. The molecule has 0 N–H and O–H groups in total. The van der Waals surface area contributed by atoms with Crippen LogP contribution in [-0.4, -0.2) is 30.2 Å². The van der Waals surface area contributed by atoms with Crippen molar-refractivity contribution in [3.8, 4) is 0 Å². The van der Waals surface area contributed by atoms with E-state index in [0.717, 1.165) is 5.04 Å². The standard InChI is InChI=1S/C17H18N2S/c1-19(2)16-15(13-9-5-3-6-10-13)20-17(18-16)14-11-7-4-8-12-14/h3-12,15-16H,1-2H3/t15-,16+/m0/s1. The van der Waals surface area contributed by atoms with Crippen LogP contribution in [0.3, 0.4) is 0 Å². The molecule has 0 bridgehead atoms. The molecule has 2 nitrogen and oxygen atoms in total. The Morgan fingerprint density at radius 2 is 1.50 bits per heavy atom. The molecule has 0 saturated carbocycles. The highest BCUT2D eigenvalue weighted by atomic mass is 32.2. The monoisotopic (exact) mass is 282 g/mol. The van der Waals surface area contributed by atoms with Crippen molar-refractivity contribution >= 4 is 16.8 Å². The lowest BCUT2D eigenvalue weighted by molar-refractivity contribution is 0.301. The summed E-state index contributed by atoms with van der Waals surface area (Å²) in [5.74, 6) is 0. The van der Waals surface area contributed by atoms with E-state index in [2.05, 4.69) is 73.6 Å². The van der Waals surface area contributed by atoms with Crippen LogP contribution in [-0.2, 0) is 0 Å². The van der Waals surface area contributed by atoms with E-state index < -0.39 is 0 Å². The number of thioether (sulfide) groups is 1. The lowest BCUT2D eigenvalue weighted by atomic mass is 10.1. The molecule has 3 rings (SSSR count). The number of hydrogen-bond acceptors (Lipinski definition) is 3. The van der Waals surface area contributed by atoms with Gasteiger partial charge in [-0.1, -0.05) is 72.4 Å². The number of hydrogen-bond donors (Lipinski definition) is 0. The van der Waals surface area contributed by atoms with Crippen molar-refractivity contribution in [2.75, 3.05) is 14.1 Å². The van der Waals surface area contributed by atoms with E-state index in [0.29, 0.717) is 5.25 Å². The molecule has 3 heteroatoms. The number of benzene rings is 2. The average Bonchev–Trinajstić information content (AvgIpc) is 2.94. The van der Waals surface area contributed by atoms with Crippen LogP contribution in [0, 0.1) is 0 Å². The Morgan fingerprint density at radius 1 is 0.900 bits per heavy atom. The normalized spacial score (nSPS) is 22.1. The highest BCUT2D eigenvalue weighted by Gasteiger charge is 2.33. The van der Waals surface area contributed by atoms with Gasteiger partial charge >= 0.3 is 0 Å². The molecule has 102 valence electrons. The Bertz CT molecular complexity index is 593. The fourth-order valence-corrected chi connectivity index (χ4v) is 3.79. The van der Waals surface area contributed by atoms with Crippen molar-refractivity contribution in [2.45, 2.75) is 11.4 Å². The van der Waals surface area contributed by atoms with Crippen molar-refractivity contribution in [1.29, 1.82) is 0 Å². The van der Waals surface area contributed by atoms with Gasteiger partial charge in [0.25, 0.3) is 0 Å². The fourth-order valence-electron chi connectivity index (χ4n) is 2.39. The summed E-state index contributed by atoms with van der Waals surface area (Å²) in [7, 11) is 4.19. The van der Waals surface area contributed by atoms with Crippen molar-refractivity contribution in [3.63, 3.8) is 0 Å². The molecule has 0 fully saturated rings. The summed E-state index contributed by atoms with van der Waals surface area (Å²) in [6, 6.07) is 21.1. The SMILES string of the molecule is CN(C)[C@H]1N=C(c2ccccc2)S[C@H]1c1ccccc1. The lowest BCUT2D eigenvalue weighted by Crippen LogP contribution is -2.28. The van der Waals surface area contributed by atoms with Crippen LogP contribution in [0.4, 0.5) is 0 Å². The molecule has 0 radical (unpaired) electrons. The summed E-state index contributed by atoms with van der Waals surface area (Å²) in [6.45, 7) is 0. The first kappa shape index (κ1) is 13.4. The maximum atomic E-state index is 4.92. The topological polar surface area (TPSA) is 15.6 Å². The van der Waals surface area contributed by atoms with E-state index in [9.17, 15) is 0 Å². The molecule has 0 amide bonds. The second kappa shape index (κ2) is 5.81. The highest BCUT2D eigenvalue weighted by Crippen LogP contribution is 2.42. The molecule has 1 aliphatic heterocycles. The van der Waals surface area contributed by atoms with Gasteiger partial charge < -0.3 is 0 Å². The molecule has 0 aliphatic carbocycles. The first-order chi connectivity index (χ1) is 9.75. The van der Waals surface area contributed by atoms with Crippen molar-refractivity contribution in [2.24, 2.45) is 4.99 Å². The summed E-state index contributed by atoms with van der Waals surface area (Å²) in [6.07, 6.45) is 0.192. The molecule has 2 atom stereocenters. The third-order valence-electron chi connectivity index (χ3n) is 3.44. The van der Waals surface area contributed by atoms with Gasteiger partial charge in [-0.15, -0.1) is 0 Å². The molecule has 0 unspecified atom stereocenters. The second-order valence-corrected chi connectivity index (χ2v) is 6.26. The Hall–Kier alpha value is -1.58. The predicted octanol–water partition coefficient (Wildman–Crippen LogP) is 3.81. The van der Waals surface area contributed by atoms with Gasteiger partial charge in [-0.25, -0.2) is 0 Å². The lowest BCUT2D eigenvalue weighted by Gasteiger charge is -2.23.